The average Bonchev–Trinajstić information content (AvgIpc) is 2.79. The molecule has 0 radical (unpaired) electrons. The van der Waals surface area contributed by atoms with Gasteiger partial charge in [0, 0.05) is 28.5 Å². The van der Waals surface area contributed by atoms with Gasteiger partial charge in [0.25, 0.3) is 0 Å². The van der Waals surface area contributed by atoms with Gasteiger partial charge in [-0.25, -0.2) is 0 Å². The predicted molar refractivity (Wildman–Crippen MR) is 135 cm³/mol. The van der Waals surface area contributed by atoms with Crippen LogP contribution >= 0.6 is 0 Å². The third-order valence-corrected chi connectivity index (χ3v) is 5.76. The van der Waals surface area contributed by atoms with Crippen molar-refractivity contribution in [2.45, 2.75) is 19.9 Å². The summed E-state index contributed by atoms with van der Waals surface area (Å²) in [4.78, 5) is 0. The number of nitrogen functional groups attached to an aromatic ring is 1. The molecule has 5 aromatic rings. The van der Waals surface area contributed by atoms with Crippen molar-refractivity contribution in [1.29, 1.82) is 0 Å². The van der Waals surface area contributed by atoms with E-state index < -0.39 is 0 Å². The highest BCUT2D eigenvalue weighted by Gasteiger charge is 2.17. The smallest absolute Gasteiger partial charge is 0.0429 e. The zero-order chi connectivity index (χ0) is 21.4. The lowest BCUT2D eigenvalue weighted by Gasteiger charge is -2.21. The Hall–Kier alpha value is -3.78. The van der Waals surface area contributed by atoms with E-state index in [0.29, 0.717) is 6.04 Å². The van der Waals surface area contributed by atoms with Gasteiger partial charge in [0.1, 0.15) is 0 Å². The van der Waals surface area contributed by atoms with Crippen LogP contribution in [0.15, 0.2) is 97.1 Å². The number of hydrogen-bond donors (Lipinski definition) is 2. The third-order valence-electron chi connectivity index (χ3n) is 5.76. The molecule has 31 heavy (non-hydrogen) atoms. The Labute approximate surface area is 183 Å². The van der Waals surface area contributed by atoms with Crippen molar-refractivity contribution < 1.29 is 0 Å². The first-order valence-electron chi connectivity index (χ1n) is 10.8. The van der Waals surface area contributed by atoms with Crippen molar-refractivity contribution in [2.24, 2.45) is 0 Å². The maximum absolute atomic E-state index is 6.62. The number of rotatable bonds is 4. The molecule has 5 rings (SSSR count). The van der Waals surface area contributed by atoms with Crippen molar-refractivity contribution >= 4 is 32.9 Å². The Morgan fingerprint density at radius 3 is 1.65 bits per heavy atom. The van der Waals surface area contributed by atoms with Crippen LogP contribution in [0.2, 0.25) is 0 Å². The normalized spacial score (nSPS) is 11.3. The summed E-state index contributed by atoms with van der Waals surface area (Å²) in [6.45, 7) is 4.33. The molecule has 0 aliphatic rings. The standard InChI is InChI=1S/C29H26N2/c1-19(2)31-27-16-15-26(30)28(24-13-11-20-7-3-5-9-22(20)17-24)29(27)25-14-12-21-8-4-6-10-23(21)18-25/h3-19,31H,30H2,1-2H3. The van der Waals surface area contributed by atoms with E-state index in [4.69, 9.17) is 5.73 Å². The van der Waals surface area contributed by atoms with E-state index >= 15 is 0 Å². The largest absolute Gasteiger partial charge is 0.398 e. The molecule has 0 amide bonds. The quantitative estimate of drug-likeness (QED) is 0.302. The molecule has 2 nitrogen and oxygen atoms in total. The van der Waals surface area contributed by atoms with Crippen LogP contribution < -0.4 is 11.1 Å². The van der Waals surface area contributed by atoms with Crippen molar-refractivity contribution in [3.63, 3.8) is 0 Å². The Kier molecular flexibility index (Phi) is 4.83. The lowest BCUT2D eigenvalue weighted by Crippen LogP contribution is -2.11. The first-order chi connectivity index (χ1) is 15.1. The topological polar surface area (TPSA) is 38.0 Å². The Morgan fingerprint density at radius 2 is 1.10 bits per heavy atom. The van der Waals surface area contributed by atoms with Gasteiger partial charge in [-0.3, -0.25) is 0 Å². The molecule has 0 heterocycles. The summed E-state index contributed by atoms with van der Waals surface area (Å²) < 4.78 is 0. The number of benzene rings is 5. The average molecular weight is 403 g/mol. The van der Waals surface area contributed by atoms with E-state index in [1.165, 1.54) is 21.5 Å². The summed E-state index contributed by atoms with van der Waals surface area (Å²) in [7, 11) is 0. The summed E-state index contributed by atoms with van der Waals surface area (Å²) in [5, 5.41) is 8.54. The molecule has 152 valence electrons. The highest BCUT2D eigenvalue weighted by atomic mass is 14.9. The van der Waals surface area contributed by atoms with Crippen LogP contribution in [-0.4, -0.2) is 6.04 Å². The second kappa shape index (κ2) is 7.81. The summed E-state index contributed by atoms with van der Waals surface area (Å²) in [5.41, 5.74) is 13.0. The van der Waals surface area contributed by atoms with E-state index in [0.717, 1.165) is 33.6 Å². The molecule has 0 saturated carbocycles. The molecular weight excluding hydrogens is 376 g/mol. The van der Waals surface area contributed by atoms with Crippen LogP contribution in [0.4, 0.5) is 11.4 Å². The lowest BCUT2D eigenvalue weighted by molar-refractivity contribution is 0.900. The van der Waals surface area contributed by atoms with Crippen LogP contribution in [0.3, 0.4) is 0 Å². The van der Waals surface area contributed by atoms with Gasteiger partial charge in [0.05, 0.1) is 0 Å². The Bertz CT molecular complexity index is 1400. The summed E-state index contributed by atoms with van der Waals surface area (Å²) in [5.74, 6) is 0. The van der Waals surface area contributed by atoms with Gasteiger partial charge in [-0.1, -0.05) is 72.8 Å². The molecule has 0 aliphatic carbocycles. The number of nitrogens with one attached hydrogen (secondary N) is 1. The maximum atomic E-state index is 6.62. The van der Waals surface area contributed by atoms with Crippen LogP contribution in [0.5, 0.6) is 0 Å². The number of fused-ring (bicyclic) bond motifs is 2. The third kappa shape index (κ3) is 3.62. The molecular formula is C29H26N2. The molecule has 5 aromatic carbocycles. The van der Waals surface area contributed by atoms with Gasteiger partial charge in [0.15, 0.2) is 0 Å². The van der Waals surface area contributed by atoms with Crippen molar-refractivity contribution in [3.05, 3.63) is 97.1 Å². The first-order valence-corrected chi connectivity index (χ1v) is 10.8. The van der Waals surface area contributed by atoms with Crippen molar-refractivity contribution in [1.82, 2.24) is 0 Å². The van der Waals surface area contributed by atoms with Crippen LogP contribution in [0.1, 0.15) is 13.8 Å². The zero-order valence-electron chi connectivity index (χ0n) is 17.9. The van der Waals surface area contributed by atoms with Gasteiger partial charge in [0.2, 0.25) is 0 Å². The second-order valence-corrected chi connectivity index (χ2v) is 8.38. The molecule has 0 aromatic heterocycles. The van der Waals surface area contributed by atoms with E-state index in [-0.39, 0.29) is 0 Å². The molecule has 3 N–H and O–H groups in total. The van der Waals surface area contributed by atoms with E-state index in [2.05, 4.69) is 110 Å². The minimum atomic E-state index is 0.312. The molecule has 2 heteroatoms. The molecule has 0 bridgehead atoms. The first kappa shape index (κ1) is 19.2. The number of anilines is 2. The number of nitrogens with two attached hydrogens (primary N) is 1. The highest BCUT2D eigenvalue weighted by molar-refractivity contribution is 6.02. The maximum Gasteiger partial charge on any atom is 0.0429 e. The van der Waals surface area contributed by atoms with E-state index in [1.807, 2.05) is 6.07 Å². The van der Waals surface area contributed by atoms with E-state index in [9.17, 15) is 0 Å². The van der Waals surface area contributed by atoms with Gasteiger partial charge < -0.3 is 11.1 Å². The molecule has 0 fully saturated rings. The second-order valence-electron chi connectivity index (χ2n) is 8.38. The Balaban J connectivity index is 1.80. The highest BCUT2D eigenvalue weighted by Crippen LogP contribution is 2.43. The molecule has 0 spiro atoms. The minimum Gasteiger partial charge on any atom is -0.398 e. The molecule has 0 atom stereocenters. The molecule has 0 unspecified atom stereocenters. The minimum absolute atomic E-state index is 0.312. The van der Waals surface area contributed by atoms with Crippen LogP contribution in [0, 0.1) is 0 Å². The molecule has 0 saturated heterocycles. The predicted octanol–water partition coefficient (Wildman–Crippen LogP) is 7.73. The van der Waals surface area contributed by atoms with E-state index in [1.54, 1.807) is 0 Å². The lowest BCUT2D eigenvalue weighted by atomic mass is 9.89. The molecule has 0 aliphatic heterocycles. The fourth-order valence-electron chi connectivity index (χ4n) is 4.35. The van der Waals surface area contributed by atoms with Gasteiger partial charge in [-0.2, -0.15) is 0 Å². The van der Waals surface area contributed by atoms with Gasteiger partial charge >= 0.3 is 0 Å². The zero-order valence-corrected chi connectivity index (χ0v) is 17.9. The summed E-state index contributed by atoms with van der Waals surface area (Å²) >= 11 is 0. The fraction of sp³-hybridized carbons (Fsp3) is 0.103. The Morgan fingerprint density at radius 1 is 0.581 bits per heavy atom. The SMILES string of the molecule is CC(C)Nc1ccc(N)c(-c2ccc3ccccc3c2)c1-c1ccc2ccccc2c1. The van der Waals surface area contributed by atoms with Crippen molar-refractivity contribution in [2.75, 3.05) is 11.1 Å². The van der Waals surface area contributed by atoms with Crippen LogP contribution in [-0.2, 0) is 0 Å². The summed E-state index contributed by atoms with van der Waals surface area (Å²) in [6, 6.07) is 34.6. The van der Waals surface area contributed by atoms with Crippen molar-refractivity contribution in [3.8, 4) is 22.3 Å². The fourth-order valence-corrected chi connectivity index (χ4v) is 4.35. The van der Waals surface area contributed by atoms with Crippen LogP contribution in [0.25, 0.3) is 43.8 Å². The van der Waals surface area contributed by atoms with Gasteiger partial charge in [-0.05, 0) is 70.8 Å². The van der Waals surface area contributed by atoms with Gasteiger partial charge in [-0.15, -0.1) is 0 Å². The monoisotopic (exact) mass is 402 g/mol. The number of hydrogen-bond acceptors (Lipinski definition) is 2. The summed E-state index contributed by atoms with van der Waals surface area (Å²) in [6.07, 6.45) is 0.